The van der Waals surface area contributed by atoms with Crippen LogP contribution in [-0.2, 0) is 0 Å². The molecule has 0 N–H and O–H groups in total. The van der Waals surface area contributed by atoms with Crippen molar-refractivity contribution in [3.63, 3.8) is 0 Å². The zero-order valence-corrected chi connectivity index (χ0v) is 11.8. The molecule has 0 aliphatic carbocycles. The number of methoxy groups -OCH3 is 1. The highest BCUT2D eigenvalue weighted by atomic mass is 35.5. The highest BCUT2D eigenvalue weighted by molar-refractivity contribution is 6.30. The van der Waals surface area contributed by atoms with E-state index in [-0.39, 0.29) is 0 Å². The summed E-state index contributed by atoms with van der Waals surface area (Å²) in [6, 6.07) is 5.79. The Morgan fingerprint density at radius 1 is 1.28 bits per heavy atom. The second-order valence-corrected chi connectivity index (χ2v) is 4.95. The van der Waals surface area contributed by atoms with Crippen molar-refractivity contribution in [3.05, 3.63) is 29.6 Å². The van der Waals surface area contributed by atoms with E-state index in [2.05, 4.69) is 23.1 Å². The Morgan fingerprint density at radius 3 is 2.61 bits per heavy atom. The fourth-order valence-electron chi connectivity index (χ4n) is 2.34. The summed E-state index contributed by atoms with van der Waals surface area (Å²) in [6.45, 7) is 7.38. The molecule has 18 heavy (non-hydrogen) atoms. The van der Waals surface area contributed by atoms with E-state index in [1.165, 1.54) is 0 Å². The van der Waals surface area contributed by atoms with Crippen LogP contribution in [0, 0.1) is 6.42 Å². The highest BCUT2D eigenvalue weighted by Gasteiger charge is 2.19. The van der Waals surface area contributed by atoms with Crippen LogP contribution in [0.25, 0.3) is 0 Å². The van der Waals surface area contributed by atoms with Gasteiger partial charge in [-0.05, 0) is 24.6 Å². The van der Waals surface area contributed by atoms with E-state index >= 15 is 0 Å². The van der Waals surface area contributed by atoms with E-state index in [0.717, 1.165) is 49.2 Å². The quantitative estimate of drug-likeness (QED) is 0.834. The Labute approximate surface area is 114 Å². The maximum Gasteiger partial charge on any atom is 0.142 e. The normalized spacial score (nSPS) is 16.9. The van der Waals surface area contributed by atoms with Crippen LogP contribution in [0.1, 0.15) is 6.92 Å². The lowest BCUT2D eigenvalue weighted by Gasteiger charge is -2.36. The van der Waals surface area contributed by atoms with Crippen LogP contribution in [0.3, 0.4) is 0 Å². The number of nitrogens with zero attached hydrogens (tertiary/aromatic N) is 2. The molecule has 0 atom stereocenters. The molecule has 1 aromatic carbocycles. The fraction of sp³-hybridized carbons (Fsp3) is 0.500. The summed E-state index contributed by atoms with van der Waals surface area (Å²) in [6.07, 6.45) is 2.20. The minimum Gasteiger partial charge on any atom is -0.495 e. The molecule has 0 bridgehead atoms. The molecule has 1 aliphatic heterocycles. The summed E-state index contributed by atoms with van der Waals surface area (Å²) in [4.78, 5) is 4.80. The van der Waals surface area contributed by atoms with Crippen molar-refractivity contribution in [2.24, 2.45) is 0 Å². The average Bonchev–Trinajstić information content (AvgIpc) is 2.40. The van der Waals surface area contributed by atoms with Gasteiger partial charge in [-0.2, -0.15) is 0 Å². The molecule has 1 saturated heterocycles. The van der Waals surface area contributed by atoms with Gasteiger partial charge in [0.15, 0.2) is 0 Å². The Kier molecular flexibility index (Phi) is 4.72. The molecular weight excluding hydrogens is 248 g/mol. The lowest BCUT2D eigenvalue weighted by atomic mass is 10.2. The predicted octanol–water partition coefficient (Wildman–Crippen LogP) is 2.69. The van der Waals surface area contributed by atoms with Crippen molar-refractivity contribution in [3.8, 4) is 5.75 Å². The Bertz CT molecular complexity index is 389. The fourth-order valence-corrected chi connectivity index (χ4v) is 2.51. The zero-order chi connectivity index (χ0) is 13.0. The molecule has 1 fully saturated rings. The van der Waals surface area contributed by atoms with Gasteiger partial charge in [-0.3, -0.25) is 4.90 Å². The van der Waals surface area contributed by atoms with E-state index in [9.17, 15) is 0 Å². The number of piperazine rings is 1. The van der Waals surface area contributed by atoms with Gasteiger partial charge >= 0.3 is 0 Å². The molecule has 1 aromatic rings. The second-order valence-electron chi connectivity index (χ2n) is 4.51. The van der Waals surface area contributed by atoms with E-state index in [1.54, 1.807) is 7.11 Å². The summed E-state index contributed by atoms with van der Waals surface area (Å²) in [5, 5.41) is 0.759. The largest absolute Gasteiger partial charge is 0.495 e. The van der Waals surface area contributed by atoms with Crippen LogP contribution in [0.2, 0.25) is 5.02 Å². The molecule has 1 aliphatic rings. The first-order chi connectivity index (χ1) is 8.74. The molecule has 3 nitrogen and oxygen atoms in total. The highest BCUT2D eigenvalue weighted by Crippen LogP contribution is 2.31. The van der Waals surface area contributed by atoms with Crippen LogP contribution in [0.15, 0.2) is 18.2 Å². The second kappa shape index (κ2) is 6.30. The van der Waals surface area contributed by atoms with Gasteiger partial charge in [0.25, 0.3) is 0 Å². The lowest BCUT2D eigenvalue weighted by Crippen LogP contribution is -2.46. The molecule has 0 unspecified atom stereocenters. The van der Waals surface area contributed by atoms with Gasteiger partial charge < -0.3 is 9.64 Å². The number of hydrogen-bond donors (Lipinski definition) is 0. The van der Waals surface area contributed by atoms with E-state index in [4.69, 9.17) is 16.3 Å². The Morgan fingerprint density at radius 2 is 2.00 bits per heavy atom. The molecule has 2 rings (SSSR count). The van der Waals surface area contributed by atoms with E-state index < -0.39 is 0 Å². The van der Waals surface area contributed by atoms with Gasteiger partial charge in [0.2, 0.25) is 0 Å². The molecule has 0 amide bonds. The smallest absolute Gasteiger partial charge is 0.142 e. The van der Waals surface area contributed by atoms with E-state index in [1.807, 2.05) is 18.2 Å². The van der Waals surface area contributed by atoms with Crippen LogP contribution in [0.4, 0.5) is 5.69 Å². The molecule has 0 spiro atoms. The van der Waals surface area contributed by atoms with Crippen molar-refractivity contribution in [1.82, 2.24) is 4.90 Å². The van der Waals surface area contributed by atoms with Crippen LogP contribution < -0.4 is 9.64 Å². The number of hydrogen-bond acceptors (Lipinski definition) is 3. The molecule has 0 aromatic heterocycles. The van der Waals surface area contributed by atoms with Gasteiger partial charge in [-0.1, -0.05) is 18.5 Å². The van der Waals surface area contributed by atoms with Crippen molar-refractivity contribution in [1.29, 1.82) is 0 Å². The van der Waals surface area contributed by atoms with Crippen LogP contribution in [-0.4, -0.2) is 44.7 Å². The summed E-state index contributed by atoms with van der Waals surface area (Å²) in [5.41, 5.74) is 1.10. The predicted molar refractivity (Wildman–Crippen MR) is 76.6 cm³/mol. The molecule has 1 heterocycles. The van der Waals surface area contributed by atoms with Crippen molar-refractivity contribution < 1.29 is 4.74 Å². The zero-order valence-electron chi connectivity index (χ0n) is 11.0. The lowest BCUT2D eigenvalue weighted by molar-refractivity contribution is 0.275. The van der Waals surface area contributed by atoms with Crippen LogP contribution >= 0.6 is 11.6 Å². The van der Waals surface area contributed by atoms with Gasteiger partial charge in [0, 0.05) is 37.7 Å². The maximum absolute atomic E-state index is 6.07. The molecule has 1 radical (unpaired) electrons. The van der Waals surface area contributed by atoms with E-state index in [0.29, 0.717) is 0 Å². The summed E-state index contributed by atoms with van der Waals surface area (Å²) in [5.74, 6) is 0.898. The number of benzene rings is 1. The summed E-state index contributed by atoms with van der Waals surface area (Å²) >= 11 is 6.07. The number of rotatable bonds is 4. The van der Waals surface area contributed by atoms with Crippen molar-refractivity contribution >= 4 is 17.3 Å². The number of anilines is 1. The minimum atomic E-state index is 0.759. The first-order valence-electron chi connectivity index (χ1n) is 6.33. The SMILES string of the molecule is C[CH]CN1CCN(c2cc(Cl)ccc2OC)CC1. The maximum atomic E-state index is 6.07. The average molecular weight is 268 g/mol. The van der Waals surface area contributed by atoms with Gasteiger partial charge in [-0.15, -0.1) is 0 Å². The monoisotopic (exact) mass is 267 g/mol. The summed E-state index contributed by atoms with van der Waals surface area (Å²) in [7, 11) is 1.70. The molecule has 0 saturated carbocycles. The Hall–Kier alpha value is -0.930. The molecular formula is C14H20ClN2O. The third-order valence-corrected chi connectivity index (χ3v) is 3.53. The van der Waals surface area contributed by atoms with Crippen molar-refractivity contribution in [2.45, 2.75) is 6.92 Å². The van der Waals surface area contributed by atoms with Gasteiger partial charge in [0.1, 0.15) is 5.75 Å². The number of ether oxygens (including phenoxy) is 1. The summed E-state index contributed by atoms with van der Waals surface area (Å²) < 4.78 is 5.41. The standard InChI is InChI=1S/C14H20ClN2O/c1-3-6-16-7-9-17(10-8-16)13-11-12(15)4-5-14(13)18-2/h3-5,11H,6-10H2,1-2H3. The minimum absolute atomic E-state index is 0.759. The topological polar surface area (TPSA) is 15.7 Å². The third-order valence-electron chi connectivity index (χ3n) is 3.29. The van der Waals surface area contributed by atoms with Gasteiger partial charge in [-0.25, -0.2) is 0 Å². The Balaban J connectivity index is 2.06. The number of halogens is 1. The first kappa shape index (κ1) is 13.5. The van der Waals surface area contributed by atoms with Crippen LogP contribution in [0.5, 0.6) is 5.75 Å². The molecule has 4 heteroatoms. The third kappa shape index (κ3) is 3.09. The first-order valence-corrected chi connectivity index (χ1v) is 6.71. The van der Waals surface area contributed by atoms with Crippen molar-refractivity contribution in [2.75, 3.05) is 44.7 Å². The van der Waals surface area contributed by atoms with Gasteiger partial charge in [0.05, 0.1) is 12.8 Å². The molecule has 99 valence electrons.